The molecule has 40 heavy (non-hydrogen) atoms. The molecule has 1 aromatic rings. The highest BCUT2D eigenvalue weighted by Crippen LogP contribution is 2.21. The van der Waals surface area contributed by atoms with Crippen LogP contribution in [0.15, 0.2) is 83.7 Å². The number of aliphatic imine (C=N–C) groups is 1. The van der Waals surface area contributed by atoms with Gasteiger partial charge in [0.1, 0.15) is 5.84 Å². The van der Waals surface area contributed by atoms with Crippen molar-refractivity contribution in [2.24, 2.45) is 10.9 Å². The number of carbonyl (C=O) groups excluding carboxylic acids is 1. The number of allylic oxidation sites excluding steroid dienone is 6. The molecule has 0 atom stereocenters. The summed E-state index contributed by atoms with van der Waals surface area (Å²) >= 11 is 0. The summed E-state index contributed by atoms with van der Waals surface area (Å²) in [5, 5.41) is 0. The Morgan fingerprint density at radius 3 is 2.17 bits per heavy atom. The van der Waals surface area contributed by atoms with Gasteiger partial charge in [-0.1, -0.05) is 57.4 Å². The molecule has 6 heteroatoms. The van der Waals surface area contributed by atoms with Crippen molar-refractivity contribution in [2.75, 3.05) is 52.4 Å². The monoisotopic (exact) mass is 543 g/mol. The lowest BCUT2D eigenvalue weighted by Crippen LogP contribution is -2.50. The van der Waals surface area contributed by atoms with Crippen LogP contribution in [0.2, 0.25) is 0 Å². The molecule has 2 saturated heterocycles. The minimum absolute atomic E-state index is 0.123. The fourth-order valence-corrected chi connectivity index (χ4v) is 5.32. The molecule has 0 unspecified atom stereocenters. The summed E-state index contributed by atoms with van der Waals surface area (Å²) in [6.07, 6.45) is 10.2. The first-order valence-corrected chi connectivity index (χ1v) is 14.7. The first-order valence-electron chi connectivity index (χ1n) is 14.7. The van der Waals surface area contributed by atoms with E-state index in [2.05, 4.69) is 91.1 Å². The van der Waals surface area contributed by atoms with Gasteiger partial charge < -0.3 is 14.7 Å². The molecule has 0 saturated carbocycles. The zero-order valence-electron chi connectivity index (χ0n) is 25.6. The molecule has 2 aliphatic rings. The van der Waals surface area contributed by atoms with Gasteiger partial charge >= 0.3 is 0 Å². The summed E-state index contributed by atoms with van der Waals surface area (Å²) in [7, 11) is 0. The van der Waals surface area contributed by atoms with Gasteiger partial charge in [-0.25, -0.2) is 4.99 Å². The van der Waals surface area contributed by atoms with E-state index in [0.717, 1.165) is 74.0 Å². The normalized spacial score (nSPS) is 18.2. The maximum absolute atomic E-state index is 13.6. The standard InChI is InChI=1S/C34H49N5O/c1-9-12-13-32(27(6)7)37-18-16-36(17-19-37)25-29-15-14-28(8)30(24-29)34(40)39-22-20-38(21-23-39)33(11-3)35-31(10-2)26(4)5/h9-15,24,26H,3,6,16-23,25H2,1-2,4-5,7-8H3/b12-9-,31-10-,32-13+,35-33?. The van der Waals surface area contributed by atoms with E-state index in [-0.39, 0.29) is 5.91 Å². The Morgan fingerprint density at radius 2 is 1.62 bits per heavy atom. The Bertz CT molecular complexity index is 1170. The second kappa shape index (κ2) is 14.8. The molecule has 0 aromatic heterocycles. The van der Waals surface area contributed by atoms with E-state index >= 15 is 0 Å². The number of nitrogens with zero attached hydrogens (tertiary/aromatic N) is 5. The van der Waals surface area contributed by atoms with Gasteiger partial charge in [-0.05, 0) is 68.5 Å². The molecule has 1 amide bonds. The summed E-state index contributed by atoms with van der Waals surface area (Å²) in [6.45, 7) is 28.3. The number of hydrogen-bond acceptors (Lipinski definition) is 4. The fourth-order valence-electron chi connectivity index (χ4n) is 5.32. The molecular formula is C34H49N5O. The number of piperazine rings is 2. The van der Waals surface area contributed by atoms with E-state index in [9.17, 15) is 4.79 Å². The Hall–Kier alpha value is -3.38. The van der Waals surface area contributed by atoms with Crippen LogP contribution in [0.5, 0.6) is 0 Å². The van der Waals surface area contributed by atoms with Crippen LogP contribution in [0, 0.1) is 12.8 Å². The van der Waals surface area contributed by atoms with Crippen molar-refractivity contribution in [3.8, 4) is 0 Å². The van der Waals surface area contributed by atoms with Gasteiger partial charge in [0.2, 0.25) is 0 Å². The quantitative estimate of drug-likeness (QED) is 0.216. The van der Waals surface area contributed by atoms with Crippen LogP contribution in [0.4, 0.5) is 0 Å². The number of amidine groups is 1. The molecule has 0 bridgehead atoms. The van der Waals surface area contributed by atoms with E-state index < -0.39 is 0 Å². The van der Waals surface area contributed by atoms with E-state index in [1.54, 1.807) is 0 Å². The lowest BCUT2D eigenvalue weighted by Gasteiger charge is -2.38. The largest absolute Gasteiger partial charge is 0.369 e. The molecule has 0 radical (unpaired) electrons. The molecule has 1 aromatic carbocycles. The first kappa shape index (κ1) is 31.2. The highest BCUT2D eigenvalue weighted by molar-refractivity contribution is 5.96. The predicted molar refractivity (Wildman–Crippen MR) is 169 cm³/mol. The number of aryl methyl sites for hydroxylation is 1. The highest BCUT2D eigenvalue weighted by atomic mass is 16.2. The van der Waals surface area contributed by atoms with Crippen LogP contribution in [0.25, 0.3) is 0 Å². The van der Waals surface area contributed by atoms with Crippen LogP contribution >= 0.6 is 0 Å². The lowest BCUT2D eigenvalue weighted by molar-refractivity contribution is 0.0691. The summed E-state index contributed by atoms with van der Waals surface area (Å²) in [6, 6.07) is 6.38. The topological polar surface area (TPSA) is 42.4 Å². The maximum atomic E-state index is 13.6. The van der Waals surface area contributed by atoms with Crippen LogP contribution in [-0.2, 0) is 6.54 Å². The smallest absolute Gasteiger partial charge is 0.254 e. The molecule has 2 heterocycles. The second-order valence-corrected chi connectivity index (χ2v) is 11.1. The molecular weight excluding hydrogens is 494 g/mol. The van der Waals surface area contributed by atoms with Crippen molar-refractivity contribution in [2.45, 2.75) is 48.1 Å². The molecule has 3 rings (SSSR count). The number of carbonyl (C=O) groups is 1. The van der Waals surface area contributed by atoms with Crippen molar-refractivity contribution in [1.82, 2.24) is 19.6 Å². The summed E-state index contributed by atoms with van der Waals surface area (Å²) < 4.78 is 0. The third-order valence-electron chi connectivity index (χ3n) is 7.74. The third-order valence-corrected chi connectivity index (χ3v) is 7.74. The van der Waals surface area contributed by atoms with Crippen molar-refractivity contribution in [3.63, 3.8) is 0 Å². The Morgan fingerprint density at radius 1 is 1.00 bits per heavy atom. The molecule has 2 fully saturated rings. The van der Waals surface area contributed by atoms with Crippen LogP contribution < -0.4 is 0 Å². The van der Waals surface area contributed by atoms with Crippen LogP contribution in [0.3, 0.4) is 0 Å². The number of rotatable bonds is 9. The zero-order chi connectivity index (χ0) is 29.2. The summed E-state index contributed by atoms with van der Waals surface area (Å²) in [5.74, 6) is 1.37. The number of amides is 1. The Kier molecular flexibility index (Phi) is 11.6. The minimum atomic E-state index is 0.123. The van der Waals surface area contributed by atoms with Crippen molar-refractivity contribution in [1.29, 1.82) is 0 Å². The maximum Gasteiger partial charge on any atom is 0.254 e. The molecule has 2 aliphatic heterocycles. The predicted octanol–water partition coefficient (Wildman–Crippen LogP) is 6.05. The molecule has 0 aliphatic carbocycles. The summed E-state index contributed by atoms with van der Waals surface area (Å²) in [4.78, 5) is 27.6. The molecule has 216 valence electrons. The molecule has 6 nitrogen and oxygen atoms in total. The number of hydrogen-bond donors (Lipinski definition) is 0. The van der Waals surface area contributed by atoms with Crippen LogP contribution in [0.1, 0.15) is 56.1 Å². The number of benzene rings is 1. The van der Waals surface area contributed by atoms with Gasteiger partial charge in [-0.15, -0.1) is 0 Å². The molecule has 0 N–H and O–H groups in total. The highest BCUT2D eigenvalue weighted by Gasteiger charge is 2.25. The van der Waals surface area contributed by atoms with E-state index in [1.165, 1.54) is 11.3 Å². The van der Waals surface area contributed by atoms with E-state index in [4.69, 9.17) is 4.99 Å². The van der Waals surface area contributed by atoms with Gasteiger partial charge in [0.15, 0.2) is 0 Å². The van der Waals surface area contributed by atoms with Gasteiger partial charge in [0.05, 0.1) is 0 Å². The van der Waals surface area contributed by atoms with Crippen molar-refractivity contribution >= 4 is 11.7 Å². The molecule has 0 spiro atoms. The Balaban J connectivity index is 1.61. The lowest BCUT2D eigenvalue weighted by atomic mass is 10.0. The van der Waals surface area contributed by atoms with Crippen molar-refractivity contribution < 1.29 is 4.79 Å². The van der Waals surface area contributed by atoms with E-state index in [0.29, 0.717) is 19.0 Å². The van der Waals surface area contributed by atoms with Crippen LogP contribution in [-0.4, -0.2) is 83.7 Å². The summed E-state index contributed by atoms with van der Waals surface area (Å²) in [5.41, 5.74) is 6.42. The SMILES string of the molecule is C=CC(=N/C(=C\C)C(C)C)N1CCN(C(=O)c2cc(CN3CCN(/C(=C/C=C\C)C(=C)C)CC3)ccc2C)CC1. The van der Waals surface area contributed by atoms with Gasteiger partial charge in [0, 0.05) is 75.9 Å². The van der Waals surface area contributed by atoms with Crippen molar-refractivity contribution in [3.05, 3.63) is 95.4 Å². The van der Waals surface area contributed by atoms with E-state index in [1.807, 2.05) is 31.7 Å². The average molecular weight is 544 g/mol. The van der Waals surface area contributed by atoms with Gasteiger partial charge in [-0.3, -0.25) is 9.69 Å². The van der Waals surface area contributed by atoms with Gasteiger partial charge in [-0.2, -0.15) is 0 Å². The second-order valence-electron chi connectivity index (χ2n) is 11.1. The fraction of sp³-hybridized carbons (Fsp3) is 0.471. The van der Waals surface area contributed by atoms with Gasteiger partial charge in [0.25, 0.3) is 5.91 Å². The zero-order valence-corrected chi connectivity index (χ0v) is 25.6. The minimum Gasteiger partial charge on any atom is -0.369 e. The average Bonchev–Trinajstić information content (AvgIpc) is 2.95. The third kappa shape index (κ3) is 8.07. The Labute approximate surface area is 242 Å². The first-order chi connectivity index (χ1) is 19.2.